The molecule has 1 N–H and O–H groups in total. The molecule has 0 radical (unpaired) electrons. The van der Waals surface area contributed by atoms with Crippen LogP contribution < -0.4 is 5.43 Å². The Morgan fingerprint density at radius 3 is 2.80 bits per heavy atom. The second-order valence-corrected chi connectivity index (χ2v) is 3.72. The number of hydrogen-bond acceptors (Lipinski definition) is 5. The highest BCUT2D eigenvalue weighted by Crippen LogP contribution is 2.12. The Labute approximate surface area is 93.4 Å². The van der Waals surface area contributed by atoms with Crippen molar-refractivity contribution in [3.8, 4) is 0 Å². The first-order chi connectivity index (χ1) is 7.24. The lowest BCUT2D eigenvalue weighted by Gasteiger charge is -2.27. The molecule has 15 heavy (non-hydrogen) atoms. The van der Waals surface area contributed by atoms with E-state index >= 15 is 0 Å². The molecule has 1 aliphatic heterocycles. The number of aryl methyl sites for hydroxylation is 1. The SMILES string of the molecule is Cc1nc(Cl)cc(NN2CCOCC2)n1. The second-order valence-electron chi connectivity index (χ2n) is 3.33. The van der Waals surface area contributed by atoms with Crippen molar-refractivity contribution >= 4 is 17.4 Å². The minimum atomic E-state index is 0.457. The monoisotopic (exact) mass is 228 g/mol. The highest BCUT2D eigenvalue weighted by Gasteiger charge is 2.10. The molecule has 0 amide bonds. The van der Waals surface area contributed by atoms with E-state index in [9.17, 15) is 0 Å². The standard InChI is InChI=1S/C9H13ClN4O/c1-7-11-8(10)6-9(12-7)13-14-2-4-15-5-3-14/h6H,2-5H2,1H3,(H,11,12,13). The van der Waals surface area contributed by atoms with Crippen molar-refractivity contribution in [3.63, 3.8) is 0 Å². The average molecular weight is 229 g/mol. The largest absolute Gasteiger partial charge is 0.379 e. The van der Waals surface area contributed by atoms with Gasteiger partial charge in [0, 0.05) is 19.2 Å². The molecule has 5 nitrogen and oxygen atoms in total. The van der Waals surface area contributed by atoms with E-state index in [-0.39, 0.29) is 0 Å². The number of hydrogen-bond donors (Lipinski definition) is 1. The number of anilines is 1. The third kappa shape index (κ3) is 3.02. The van der Waals surface area contributed by atoms with Gasteiger partial charge in [0.15, 0.2) is 0 Å². The fourth-order valence-electron chi connectivity index (χ4n) is 1.43. The van der Waals surface area contributed by atoms with Crippen LogP contribution in [-0.2, 0) is 4.74 Å². The average Bonchev–Trinajstić information content (AvgIpc) is 2.17. The molecule has 2 rings (SSSR count). The maximum Gasteiger partial charge on any atom is 0.145 e. The van der Waals surface area contributed by atoms with E-state index in [1.165, 1.54) is 0 Å². The van der Waals surface area contributed by atoms with Crippen molar-refractivity contribution in [1.29, 1.82) is 0 Å². The maximum atomic E-state index is 5.83. The van der Waals surface area contributed by atoms with Gasteiger partial charge in [-0.2, -0.15) is 0 Å². The Hall–Kier alpha value is -0.910. The van der Waals surface area contributed by atoms with Gasteiger partial charge in [-0.3, -0.25) is 0 Å². The highest BCUT2D eigenvalue weighted by molar-refractivity contribution is 6.29. The fraction of sp³-hybridized carbons (Fsp3) is 0.556. The van der Waals surface area contributed by atoms with Crippen LogP contribution in [0.5, 0.6) is 0 Å². The Kier molecular flexibility index (Phi) is 3.35. The molecule has 82 valence electrons. The van der Waals surface area contributed by atoms with Crippen molar-refractivity contribution in [2.45, 2.75) is 6.92 Å². The van der Waals surface area contributed by atoms with Crippen LogP contribution in [0.3, 0.4) is 0 Å². The summed E-state index contributed by atoms with van der Waals surface area (Å²) in [5, 5.41) is 2.51. The number of halogens is 1. The van der Waals surface area contributed by atoms with Gasteiger partial charge < -0.3 is 10.2 Å². The molecular formula is C9H13ClN4O. The molecule has 0 bridgehead atoms. The molecule has 1 fully saturated rings. The summed E-state index contributed by atoms with van der Waals surface area (Å²) in [5.74, 6) is 1.40. The lowest BCUT2D eigenvalue weighted by molar-refractivity contribution is 0.0495. The Balaban J connectivity index is 2.02. The quantitative estimate of drug-likeness (QED) is 0.769. The van der Waals surface area contributed by atoms with Crippen molar-refractivity contribution in [2.75, 3.05) is 31.7 Å². The first-order valence-corrected chi connectivity index (χ1v) is 5.22. The zero-order valence-corrected chi connectivity index (χ0v) is 9.29. The molecule has 1 aromatic rings. The predicted octanol–water partition coefficient (Wildman–Crippen LogP) is 1.10. The van der Waals surface area contributed by atoms with E-state index < -0.39 is 0 Å². The Morgan fingerprint density at radius 2 is 2.13 bits per heavy atom. The molecular weight excluding hydrogens is 216 g/mol. The van der Waals surface area contributed by atoms with Gasteiger partial charge in [0.1, 0.15) is 16.8 Å². The molecule has 1 saturated heterocycles. The summed E-state index contributed by atoms with van der Waals surface area (Å²) in [5.41, 5.74) is 3.18. The fourth-order valence-corrected chi connectivity index (χ4v) is 1.65. The molecule has 6 heteroatoms. The van der Waals surface area contributed by atoms with E-state index in [2.05, 4.69) is 20.4 Å². The summed E-state index contributed by atoms with van der Waals surface area (Å²) < 4.78 is 5.24. The lowest BCUT2D eigenvalue weighted by atomic mass is 10.5. The molecule has 0 unspecified atom stereocenters. The van der Waals surface area contributed by atoms with Gasteiger partial charge >= 0.3 is 0 Å². The van der Waals surface area contributed by atoms with Crippen LogP contribution in [0, 0.1) is 6.92 Å². The molecule has 0 aromatic carbocycles. The summed E-state index contributed by atoms with van der Waals surface area (Å²) >= 11 is 5.83. The van der Waals surface area contributed by atoms with Crippen molar-refractivity contribution in [3.05, 3.63) is 17.0 Å². The van der Waals surface area contributed by atoms with E-state index in [0.717, 1.165) is 32.1 Å². The summed E-state index contributed by atoms with van der Waals surface area (Å²) in [4.78, 5) is 8.24. The van der Waals surface area contributed by atoms with Crippen molar-refractivity contribution in [1.82, 2.24) is 15.0 Å². The minimum Gasteiger partial charge on any atom is -0.379 e. The van der Waals surface area contributed by atoms with Gasteiger partial charge in [0.25, 0.3) is 0 Å². The topological polar surface area (TPSA) is 50.3 Å². The van der Waals surface area contributed by atoms with E-state index in [4.69, 9.17) is 16.3 Å². The molecule has 0 atom stereocenters. The van der Waals surface area contributed by atoms with Crippen LogP contribution in [0.25, 0.3) is 0 Å². The smallest absolute Gasteiger partial charge is 0.145 e. The van der Waals surface area contributed by atoms with Crippen LogP contribution in [0.1, 0.15) is 5.82 Å². The van der Waals surface area contributed by atoms with Crippen LogP contribution in [0.4, 0.5) is 5.82 Å². The number of nitrogens with zero attached hydrogens (tertiary/aromatic N) is 3. The Morgan fingerprint density at radius 1 is 1.40 bits per heavy atom. The zero-order valence-electron chi connectivity index (χ0n) is 8.53. The summed E-state index contributed by atoms with van der Waals surface area (Å²) in [7, 11) is 0. The van der Waals surface area contributed by atoms with Gasteiger partial charge in [-0.15, -0.1) is 0 Å². The molecule has 0 aliphatic carbocycles. The van der Waals surface area contributed by atoms with Gasteiger partial charge in [-0.25, -0.2) is 15.0 Å². The molecule has 0 spiro atoms. The maximum absolute atomic E-state index is 5.83. The van der Waals surface area contributed by atoms with Gasteiger partial charge in [-0.05, 0) is 6.92 Å². The highest BCUT2D eigenvalue weighted by atomic mass is 35.5. The molecule has 2 heterocycles. The first kappa shape index (κ1) is 10.6. The van der Waals surface area contributed by atoms with Crippen LogP contribution >= 0.6 is 11.6 Å². The van der Waals surface area contributed by atoms with Crippen molar-refractivity contribution < 1.29 is 4.74 Å². The number of ether oxygens (including phenoxy) is 1. The number of aromatic nitrogens is 2. The van der Waals surface area contributed by atoms with E-state index in [1.54, 1.807) is 6.07 Å². The van der Waals surface area contributed by atoms with Gasteiger partial charge in [-0.1, -0.05) is 11.6 Å². The zero-order chi connectivity index (χ0) is 10.7. The predicted molar refractivity (Wildman–Crippen MR) is 57.8 cm³/mol. The summed E-state index contributed by atoms with van der Waals surface area (Å²) in [6, 6.07) is 1.71. The minimum absolute atomic E-state index is 0.457. The number of hydrazine groups is 1. The van der Waals surface area contributed by atoms with Crippen LogP contribution in [-0.4, -0.2) is 41.3 Å². The number of rotatable bonds is 2. The molecule has 1 aliphatic rings. The second kappa shape index (κ2) is 4.74. The number of morpholine rings is 1. The molecule has 1 aromatic heterocycles. The normalized spacial score (nSPS) is 17.7. The summed E-state index contributed by atoms with van der Waals surface area (Å²) in [6.07, 6.45) is 0. The summed E-state index contributed by atoms with van der Waals surface area (Å²) in [6.45, 7) is 4.99. The number of nitrogens with one attached hydrogen (secondary N) is 1. The van der Waals surface area contributed by atoms with Crippen molar-refractivity contribution in [2.24, 2.45) is 0 Å². The Bertz CT molecular complexity index is 321. The van der Waals surface area contributed by atoms with Crippen LogP contribution in [0.15, 0.2) is 6.07 Å². The van der Waals surface area contributed by atoms with E-state index in [1.807, 2.05) is 6.92 Å². The lowest BCUT2D eigenvalue weighted by Crippen LogP contribution is -2.40. The van der Waals surface area contributed by atoms with E-state index in [0.29, 0.717) is 11.0 Å². The van der Waals surface area contributed by atoms with Crippen LogP contribution in [0.2, 0.25) is 5.15 Å². The first-order valence-electron chi connectivity index (χ1n) is 4.84. The molecule has 0 saturated carbocycles. The van der Waals surface area contributed by atoms with Gasteiger partial charge in [0.2, 0.25) is 0 Å². The third-order valence-corrected chi connectivity index (χ3v) is 2.28. The van der Waals surface area contributed by atoms with Gasteiger partial charge in [0.05, 0.1) is 13.2 Å². The third-order valence-electron chi connectivity index (χ3n) is 2.09.